The molecule has 27 heavy (non-hydrogen) atoms. The Balaban J connectivity index is 1.66. The number of methoxy groups -OCH3 is 1. The van der Waals surface area contributed by atoms with E-state index in [0.29, 0.717) is 11.5 Å². The first kappa shape index (κ1) is 19.2. The van der Waals surface area contributed by atoms with Crippen molar-refractivity contribution in [3.63, 3.8) is 0 Å². The Morgan fingerprint density at radius 3 is 2.37 bits per heavy atom. The van der Waals surface area contributed by atoms with Crippen molar-refractivity contribution in [1.82, 2.24) is 0 Å². The van der Waals surface area contributed by atoms with Crippen molar-refractivity contribution < 1.29 is 18.0 Å². The highest BCUT2D eigenvalue weighted by Gasteiger charge is 2.16. The lowest BCUT2D eigenvalue weighted by atomic mass is 10.0. The van der Waals surface area contributed by atoms with Crippen LogP contribution in [0.25, 0.3) is 5.57 Å². The maximum Gasteiger partial charge on any atom is 0.175 e. The van der Waals surface area contributed by atoms with E-state index in [9.17, 15) is 8.42 Å². The summed E-state index contributed by atoms with van der Waals surface area (Å²) in [5.41, 5.74) is 4.39. The highest BCUT2D eigenvalue weighted by atomic mass is 32.2. The quantitative estimate of drug-likeness (QED) is 0.528. The minimum absolute atomic E-state index is 0.336. The maximum absolute atomic E-state index is 11.6. The molecule has 0 fully saturated rings. The molecule has 2 aromatic carbocycles. The monoisotopic (exact) mass is 385 g/mol. The van der Waals surface area contributed by atoms with Gasteiger partial charge in [0.2, 0.25) is 0 Å². The van der Waals surface area contributed by atoms with Crippen LogP contribution in [0, 0.1) is 0 Å². The summed E-state index contributed by atoms with van der Waals surface area (Å²) in [5, 5.41) is 4.11. The summed E-state index contributed by atoms with van der Waals surface area (Å²) in [6.07, 6.45) is 5.95. The van der Waals surface area contributed by atoms with E-state index < -0.39 is 9.84 Å². The van der Waals surface area contributed by atoms with Crippen LogP contribution in [-0.2, 0) is 21.3 Å². The van der Waals surface area contributed by atoms with Crippen LogP contribution in [0.1, 0.15) is 30.4 Å². The standard InChI is InChI=1S/C21H23NO4S/c1-25-19-10-6-16(7-11-19)15-26-22-14-18-4-3-5-21(18)17-8-12-20(13-9-17)27(2,23)24/h6-14H,3-5,15H2,1-2H3/b22-14+. The van der Waals surface area contributed by atoms with Gasteiger partial charge in [0, 0.05) is 6.26 Å². The summed E-state index contributed by atoms with van der Waals surface area (Å²) >= 11 is 0. The van der Waals surface area contributed by atoms with Gasteiger partial charge in [-0.25, -0.2) is 8.42 Å². The summed E-state index contributed by atoms with van der Waals surface area (Å²) in [6.45, 7) is 0.395. The van der Waals surface area contributed by atoms with Crippen LogP contribution in [0.4, 0.5) is 0 Å². The van der Waals surface area contributed by atoms with E-state index >= 15 is 0 Å². The zero-order chi connectivity index (χ0) is 19.3. The second-order valence-corrected chi connectivity index (χ2v) is 8.53. The molecule has 0 spiro atoms. The zero-order valence-corrected chi connectivity index (χ0v) is 16.3. The van der Waals surface area contributed by atoms with Crippen LogP contribution >= 0.6 is 0 Å². The van der Waals surface area contributed by atoms with Crippen LogP contribution in [0.2, 0.25) is 0 Å². The summed E-state index contributed by atoms with van der Waals surface area (Å²) < 4.78 is 28.3. The van der Waals surface area contributed by atoms with Gasteiger partial charge in [-0.15, -0.1) is 0 Å². The number of rotatable bonds is 7. The molecule has 142 valence electrons. The van der Waals surface area contributed by atoms with Crippen molar-refractivity contribution in [3.8, 4) is 5.75 Å². The van der Waals surface area contributed by atoms with Crippen molar-refractivity contribution in [2.45, 2.75) is 30.8 Å². The van der Waals surface area contributed by atoms with Gasteiger partial charge in [-0.05, 0) is 65.8 Å². The normalized spacial score (nSPS) is 14.7. The Bertz CT molecular complexity index is 943. The minimum atomic E-state index is -3.18. The fraction of sp³-hybridized carbons (Fsp3) is 0.286. The van der Waals surface area contributed by atoms with Crippen LogP contribution < -0.4 is 4.74 Å². The van der Waals surface area contributed by atoms with Crippen LogP contribution in [0.3, 0.4) is 0 Å². The zero-order valence-electron chi connectivity index (χ0n) is 15.5. The Hall–Kier alpha value is -2.60. The van der Waals surface area contributed by atoms with Gasteiger partial charge in [0.05, 0.1) is 18.2 Å². The number of sulfone groups is 1. The third-order valence-corrected chi connectivity index (χ3v) is 5.69. The van der Waals surface area contributed by atoms with Gasteiger partial charge in [0.25, 0.3) is 0 Å². The molecule has 0 saturated carbocycles. The van der Waals surface area contributed by atoms with Gasteiger partial charge in [-0.3, -0.25) is 0 Å². The molecule has 0 radical (unpaired) electrons. The van der Waals surface area contributed by atoms with Gasteiger partial charge in [0.15, 0.2) is 9.84 Å². The molecule has 0 heterocycles. The van der Waals surface area contributed by atoms with E-state index in [2.05, 4.69) is 5.16 Å². The Morgan fingerprint density at radius 2 is 1.74 bits per heavy atom. The largest absolute Gasteiger partial charge is 0.497 e. The first-order chi connectivity index (χ1) is 13.0. The SMILES string of the molecule is COc1ccc(CO/N=C/C2=C(c3ccc(S(C)(=O)=O)cc3)CCC2)cc1. The lowest BCUT2D eigenvalue weighted by Gasteiger charge is -2.06. The Kier molecular flexibility index (Phi) is 5.96. The molecule has 0 saturated heterocycles. The minimum Gasteiger partial charge on any atom is -0.497 e. The van der Waals surface area contributed by atoms with Crippen molar-refractivity contribution >= 4 is 21.6 Å². The fourth-order valence-electron chi connectivity index (χ4n) is 3.08. The average molecular weight is 385 g/mol. The number of hydrogen-bond donors (Lipinski definition) is 0. The maximum atomic E-state index is 11.6. The van der Waals surface area contributed by atoms with Gasteiger partial charge in [-0.2, -0.15) is 0 Å². The predicted octanol–water partition coefficient (Wildman–Crippen LogP) is 4.24. The van der Waals surface area contributed by atoms with E-state index in [-0.39, 0.29) is 0 Å². The van der Waals surface area contributed by atoms with E-state index in [1.165, 1.54) is 11.8 Å². The molecule has 0 atom stereocenters. The summed E-state index contributed by atoms with van der Waals surface area (Å²) in [6, 6.07) is 14.7. The van der Waals surface area contributed by atoms with Crippen LogP contribution in [0.5, 0.6) is 5.75 Å². The van der Waals surface area contributed by atoms with Gasteiger partial charge < -0.3 is 9.57 Å². The van der Waals surface area contributed by atoms with Crippen molar-refractivity contribution in [2.24, 2.45) is 5.16 Å². The molecule has 1 aliphatic rings. The number of nitrogens with zero attached hydrogens (tertiary/aromatic N) is 1. The number of benzene rings is 2. The first-order valence-electron chi connectivity index (χ1n) is 8.78. The lowest BCUT2D eigenvalue weighted by Crippen LogP contribution is -1.97. The lowest BCUT2D eigenvalue weighted by molar-refractivity contribution is 0.132. The van der Waals surface area contributed by atoms with E-state index in [1.54, 1.807) is 25.5 Å². The number of ether oxygens (including phenoxy) is 1. The van der Waals surface area contributed by atoms with E-state index in [4.69, 9.17) is 9.57 Å². The molecule has 2 aromatic rings. The molecule has 1 aliphatic carbocycles. The molecular weight excluding hydrogens is 362 g/mol. The molecule has 5 nitrogen and oxygen atoms in total. The van der Waals surface area contributed by atoms with Gasteiger partial charge in [0.1, 0.15) is 12.4 Å². The van der Waals surface area contributed by atoms with E-state index in [0.717, 1.165) is 41.7 Å². The van der Waals surface area contributed by atoms with Gasteiger partial charge in [-0.1, -0.05) is 29.4 Å². The van der Waals surface area contributed by atoms with Crippen molar-refractivity contribution in [1.29, 1.82) is 0 Å². The fourth-order valence-corrected chi connectivity index (χ4v) is 3.71. The number of oxime groups is 1. The Morgan fingerprint density at radius 1 is 1.04 bits per heavy atom. The molecule has 0 N–H and O–H groups in total. The topological polar surface area (TPSA) is 65.0 Å². The smallest absolute Gasteiger partial charge is 0.175 e. The first-order valence-corrected chi connectivity index (χ1v) is 10.7. The highest BCUT2D eigenvalue weighted by molar-refractivity contribution is 7.90. The molecular formula is C21H23NO4S. The average Bonchev–Trinajstić information content (AvgIpc) is 3.13. The predicted molar refractivity (Wildman–Crippen MR) is 107 cm³/mol. The second kappa shape index (κ2) is 8.39. The Labute approximate surface area is 160 Å². The van der Waals surface area contributed by atoms with Crippen LogP contribution in [-0.4, -0.2) is 28.0 Å². The molecule has 0 aliphatic heterocycles. The summed E-state index contributed by atoms with van der Waals surface area (Å²) in [5.74, 6) is 0.810. The molecule has 0 bridgehead atoms. The molecule has 0 aromatic heterocycles. The third-order valence-electron chi connectivity index (χ3n) is 4.56. The van der Waals surface area contributed by atoms with Crippen LogP contribution in [0.15, 0.2) is 64.2 Å². The second-order valence-electron chi connectivity index (χ2n) is 6.51. The summed E-state index contributed by atoms with van der Waals surface area (Å²) in [4.78, 5) is 5.75. The molecule has 6 heteroatoms. The van der Waals surface area contributed by atoms with E-state index in [1.807, 2.05) is 36.4 Å². The van der Waals surface area contributed by atoms with Gasteiger partial charge >= 0.3 is 0 Å². The van der Waals surface area contributed by atoms with Crippen molar-refractivity contribution in [2.75, 3.05) is 13.4 Å². The summed E-state index contributed by atoms with van der Waals surface area (Å²) in [7, 11) is -1.54. The highest BCUT2D eigenvalue weighted by Crippen LogP contribution is 2.33. The number of allylic oxidation sites excluding steroid dienone is 2. The van der Waals surface area contributed by atoms with Crippen molar-refractivity contribution in [3.05, 3.63) is 65.2 Å². The molecule has 3 rings (SSSR count). The third kappa shape index (κ3) is 4.98. The molecule has 0 unspecified atom stereocenters. The molecule has 0 amide bonds. The number of hydrogen-bond acceptors (Lipinski definition) is 5.